The van der Waals surface area contributed by atoms with E-state index in [1.807, 2.05) is 71.8 Å². The summed E-state index contributed by atoms with van der Waals surface area (Å²) in [4.78, 5) is 30.1. The molecule has 3 aromatic carbocycles. The maximum absolute atomic E-state index is 13.1. The molecule has 1 aliphatic rings. The monoisotopic (exact) mass is 484 g/mol. The van der Waals surface area contributed by atoms with Gasteiger partial charge in [-0.15, -0.1) is 0 Å². The Hall–Kier alpha value is -4.46. The van der Waals surface area contributed by atoms with Crippen LogP contribution in [0.25, 0.3) is 10.9 Å². The minimum absolute atomic E-state index is 0.0768. The van der Waals surface area contributed by atoms with Gasteiger partial charge >= 0.3 is 0 Å². The van der Waals surface area contributed by atoms with Crippen LogP contribution in [0.4, 0.5) is 5.69 Å². The fourth-order valence-corrected chi connectivity index (χ4v) is 4.68. The van der Waals surface area contributed by atoms with Crippen LogP contribution >= 0.6 is 0 Å². The molecule has 8 heteroatoms. The van der Waals surface area contributed by atoms with Crippen LogP contribution in [0, 0.1) is 0 Å². The normalized spacial score (nSPS) is 15.6. The summed E-state index contributed by atoms with van der Waals surface area (Å²) >= 11 is 0. The molecule has 4 N–H and O–H groups in total. The first-order valence-corrected chi connectivity index (χ1v) is 11.8. The van der Waals surface area contributed by atoms with Crippen LogP contribution in [0.3, 0.4) is 0 Å². The van der Waals surface area contributed by atoms with Gasteiger partial charge < -0.3 is 30.4 Å². The number of carbonyl (C=O) groups excluding carboxylic acids is 2. The number of ether oxygens (including phenoxy) is 2. The van der Waals surface area contributed by atoms with E-state index >= 15 is 0 Å². The van der Waals surface area contributed by atoms with Crippen molar-refractivity contribution in [1.29, 1.82) is 0 Å². The second kappa shape index (κ2) is 10.0. The van der Waals surface area contributed by atoms with Crippen molar-refractivity contribution < 1.29 is 19.1 Å². The van der Waals surface area contributed by atoms with Gasteiger partial charge in [-0.1, -0.05) is 42.5 Å². The Kier molecular flexibility index (Phi) is 6.49. The lowest BCUT2D eigenvalue weighted by Gasteiger charge is -2.34. The number of nitrogens with zero attached hydrogens (tertiary/aromatic N) is 1. The molecule has 4 aromatic rings. The first kappa shape index (κ1) is 23.3. The summed E-state index contributed by atoms with van der Waals surface area (Å²) in [6.45, 7) is 0.690. The maximum Gasteiger partial charge on any atom is 0.260 e. The van der Waals surface area contributed by atoms with Crippen molar-refractivity contribution in [2.75, 3.05) is 31.6 Å². The van der Waals surface area contributed by atoms with E-state index in [4.69, 9.17) is 15.2 Å². The minimum Gasteiger partial charge on any atom is -0.497 e. The summed E-state index contributed by atoms with van der Waals surface area (Å²) in [7, 11) is 1.64. The van der Waals surface area contributed by atoms with Crippen LogP contribution in [-0.4, -0.2) is 49.6 Å². The fourth-order valence-electron chi connectivity index (χ4n) is 4.68. The molecule has 1 aromatic heterocycles. The molecule has 36 heavy (non-hydrogen) atoms. The van der Waals surface area contributed by atoms with Crippen molar-refractivity contribution in [3.05, 3.63) is 90.1 Å². The zero-order valence-electron chi connectivity index (χ0n) is 19.9. The lowest BCUT2D eigenvalue weighted by atomic mass is 9.90. The Balaban J connectivity index is 1.36. The number of carbonyl (C=O) groups is 2. The lowest BCUT2D eigenvalue weighted by Crippen LogP contribution is -2.50. The molecule has 2 amide bonds. The van der Waals surface area contributed by atoms with Crippen molar-refractivity contribution in [2.45, 2.75) is 12.0 Å². The number of H-pyrrole nitrogens is 1. The topological polar surface area (TPSA) is 110 Å². The molecule has 0 unspecified atom stereocenters. The van der Waals surface area contributed by atoms with E-state index in [-0.39, 0.29) is 24.9 Å². The molecule has 2 heterocycles. The summed E-state index contributed by atoms with van der Waals surface area (Å²) in [5.41, 5.74) is 9.46. The van der Waals surface area contributed by atoms with Crippen LogP contribution in [0.1, 0.15) is 17.0 Å². The molecule has 0 fully saturated rings. The molecule has 1 aliphatic heterocycles. The Morgan fingerprint density at radius 2 is 1.86 bits per heavy atom. The Morgan fingerprint density at radius 3 is 2.64 bits per heavy atom. The van der Waals surface area contributed by atoms with E-state index < -0.39 is 12.0 Å². The number of nitrogens with two attached hydrogens (primary N) is 1. The third kappa shape index (κ3) is 4.70. The highest BCUT2D eigenvalue weighted by Crippen LogP contribution is 2.33. The molecule has 184 valence electrons. The number of primary amides is 1. The minimum atomic E-state index is -0.814. The molecular formula is C28H28N4O4. The predicted molar refractivity (Wildman–Crippen MR) is 138 cm³/mol. The molecule has 5 rings (SSSR count). The third-order valence-electron chi connectivity index (χ3n) is 6.53. The largest absolute Gasteiger partial charge is 0.497 e. The van der Waals surface area contributed by atoms with E-state index in [1.165, 1.54) is 0 Å². The van der Waals surface area contributed by atoms with E-state index in [9.17, 15) is 9.59 Å². The molecule has 0 saturated carbocycles. The molecule has 0 radical (unpaired) electrons. The molecule has 2 atom stereocenters. The van der Waals surface area contributed by atoms with E-state index in [0.717, 1.165) is 33.5 Å². The number of aromatic amines is 1. The summed E-state index contributed by atoms with van der Waals surface area (Å²) in [6, 6.07) is 23.3. The molecular weight excluding hydrogens is 456 g/mol. The van der Waals surface area contributed by atoms with E-state index in [0.29, 0.717) is 12.3 Å². The van der Waals surface area contributed by atoms with Gasteiger partial charge in [0.2, 0.25) is 5.91 Å². The fraction of sp³-hybridized carbons (Fsp3) is 0.214. The molecule has 0 saturated heterocycles. The van der Waals surface area contributed by atoms with E-state index in [2.05, 4.69) is 16.4 Å². The van der Waals surface area contributed by atoms with Crippen molar-refractivity contribution >= 4 is 28.4 Å². The van der Waals surface area contributed by atoms with Gasteiger partial charge in [0, 0.05) is 29.6 Å². The van der Waals surface area contributed by atoms with Crippen LogP contribution in [0.2, 0.25) is 0 Å². The summed E-state index contributed by atoms with van der Waals surface area (Å²) in [5, 5.41) is 4.21. The number of aromatic nitrogens is 1. The smallest absolute Gasteiger partial charge is 0.260 e. The SMILES string of the molecule is COc1ccc([C@H](CNC(=O)CN2C[C@H](C(N)=O)Oc3ccccc32)c2c[nH]c3ccccc23)cc1. The van der Waals surface area contributed by atoms with Crippen LogP contribution in [-0.2, 0) is 9.59 Å². The molecule has 0 bridgehead atoms. The number of amides is 2. The first-order chi connectivity index (χ1) is 17.5. The van der Waals surface area contributed by atoms with Crippen molar-refractivity contribution in [2.24, 2.45) is 5.73 Å². The average Bonchev–Trinajstić information content (AvgIpc) is 3.33. The highest BCUT2D eigenvalue weighted by molar-refractivity contribution is 5.86. The zero-order valence-corrected chi connectivity index (χ0v) is 19.9. The standard InChI is InChI=1S/C28H28N4O4/c1-35-19-12-10-18(11-13-19)21(22-15-30-23-7-3-2-6-20(22)23)14-31-27(33)17-32-16-26(28(29)34)36-25-9-5-4-8-24(25)32/h2-13,15,21,26,30H,14,16-17H2,1H3,(H2,29,34)(H,31,33)/t21-,26+/m0/s1. The summed E-state index contributed by atoms with van der Waals surface area (Å²) < 4.78 is 11.0. The van der Waals surface area contributed by atoms with Gasteiger partial charge in [-0.05, 0) is 41.5 Å². The molecule has 0 aliphatic carbocycles. The van der Waals surface area contributed by atoms with Gasteiger partial charge in [-0.2, -0.15) is 0 Å². The second-order valence-electron chi connectivity index (χ2n) is 8.78. The summed E-state index contributed by atoms with van der Waals surface area (Å²) in [6.07, 6.45) is 1.19. The third-order valence-corrected chi connectivity index (χ3v) is 6.53. The number of rotatable bonds is 8. The average molecular weight is 485 g/mol. The van der Waals surface area contributed by atoms with Crippen LogP contribution in [0.15, 0.2) is 79.0 Å². The number of hydrogen-bond acceptors (Lipinski definition) is 5. The Bertz CT molecular complexity index is 1380. The number of para-hydroxylation sites is 3. The predicted octanol–water partition coefficient (Wildman–Crippen LogP) is 3.18. The van der Waals surface area contributed by atoms with Gasteiger partial charge in [0.25, 0.3) is 5.91 Å². The van der Waals surface area contributed by atoms with Gasteiger partial charge in [0.15, 0.2) is 6.10 Å². The Labute approximate surface area is 209 Å². The number of anilines is 1. The highest BCUT2D eigenvalue weighted by atomic mass is 16.5. The van der Waals surface area contributed by atoms with Crippen LogP contribution < -0.4 is 25.4 Å². The number of fused-ring (bicyclic) bond motifs is 2. The summed E-state index contributed by atoms with van der Waals surface area (Å²) in [5.74, 6) is 0.513. The number of methoxy groups -OCH3 is 1. The van der Waals surface area contributed by atoms with Crippen molar-refractivity contribution in [3.8, 4) is 11.5 Å². The van der Waals surface area contributed by atoms with Crippen LogP contribution in [0.5, 0.6) is 11.5 Å². The molecule has 8 nitrogen and oxygen atoms in total. The highest BCUT2D eigenvalue weighted by Gasteiger charge is 2.30. The Morgan fingerprint density at radius 1 is 1.11 bits per heavy atom. The van der Waals surface area contributed by atoms with Crippen molar-refractivity contribution in [3.63, 3.8) is 0 Å². The van der Waals surface area contributed by atoms with Gasteiger partial charge in [0.1, 0.15) is 11.5 Å². The van der Waals surface area contributed by atoms with Gasteiger partial charge in [-0.3, -0.25) is 9.59 Å². The number of nitrogens with one attached hydrogen (secondary N) is 2. The zero-order chi connectivity index (χ0) is 25.1. The molecule has 0 spiro atoms. The lowest BCUT2D eigenvalue weighted by molar-refractivity contribution is -0.125. The number of hydrogen-bond donors (Lipinski definition) is 3. The van der Waals surface area contributed by atoms with Gasteiger partial charge in [-0.25, -0.2) is 0 Å². The van der Waals surface area contributed by atoms with E-state index in [1.54, 1.807) is 13.2 Å². The first-order valence-electron chi connectivity index (χ1n) is 11.8. The maximum atomic E-state index is 13.1. The second-order valence-corrected chi connectivity index (χ2v) is 8.78. The van der Waals surface area contributed by atoms with Crippen molar-refractivity contribution in [1.82, 2.24) is 10.3 Å². The van der Waals surface area contributed by atoms with Gasteiger partial charge in [0.05, 0.1) is 25.9 Å². The quantitative estimate of drug-likeness (QED) is 0.356. The number of benzene rings is 3.